The Morgan fingerprint density at radius 1 is 0.611 bits per heavy atom. The lowest BCUT2D eigenvalue weighted by atomic mass is 10.0. The smallest absolute Gasteiger partial charge is 0.143 e. The van der Waals surface area contributed by atoms with Crippen molar-refractivity contribution in [2.24, 2.45) is 0 Å². The number of rotatable bonds is 3. The van der Waals surface area contributed by atoms with Crippen LogP contribution in [0.2, 0.25) is 0 Å². The number of aromatic nitrogens is 1. The quantitative estimate of drug-likeness (QED) is 0.272. The molecule has 3 aromatic heterocycles. The molecule has 0 saturated heterocycles. The molecule has 5 heteroatoms. The zero-order valence-electron chi connectivity index (χ0n) is 19.0. The van der Waals surface area contributed by atoms with Crippen molar-refractivity contribution in [2.45, 2.75) is 0 Å². The number of hydrogen-bond acceptors (Lipinski definition) is 5. The van der Waals surface area contributed by atoms with E-state index in [0.717, 1.165) is 71.9 Å². The predicted octanol–water partition coefficient (Wildman–Crippen LogP) is 9.51. The van der Waals surface area contributed by atoms with Crippen molar-refractivity contribution in [1.82, 2.24) is 4.98 Å². The Labute approximate surface area is 209 Å². The molecule has 0 fully saturated rings. The van der Waals surface area contributed by atoms with E-state index in [1.54, 1.807) is 11.3 Å². The van der Waals surface area contributed by atoms with Crippen LogP contribution in [0.3, 0.4) is 0 Å². The fourth-order valence-electron chi connectivity index (χ4n) is 5.11. The molecule has 0 radical (unpaired) electrons. The van der Waals surface area contributed by atoms with Crippen molar-refractivity contribution < 1.29 is 8.83 Å². The number of nitrogens with one attached hydrogen (secondary N) is 1. The van der Waals surface area contributed by atoms with Gasteiger partial charge in [0.05, 0.1) is 15.7 Å². The molecule has 0 amide bonds. The van der Waals surface area contributed by atoms with E-state index in [1.807, 2.05) is 41.9 Å². The summed E-state index contributed by atoms with van der Waals surface area (Å²) in [6, 6.07) is 33.3. The first-order valence-corrected chi connectivity index (χ1v) is 12.7. The second-order valence-electron chi connectivity index (χ2n) is 8.97. The average Bonchev–Trinajstić information content (AvgIpc) is 3.63. The molecule has 170 valence electrons. The molecule has 0 aliphatic carbocycles. The van der Waals surface area contributed by atoms with Gasteiger partial charge >= 0.3 is 0 Å². The summed E-state index contributed by atoms with van der Waals surface area (Å²) in [5.74, 6) is 0. The summed E-state index contributed by atoms with van der Waals surface area (Å²) in [5.41, 5.74) is 10.5. The number of furan rings is 2. The lowest BCUT2D eigenvalue weighted by molar-refractivity contribution is 0.669. The number of benzene rings is 5. The highest BCUT2D eigenvalue weighted by atomic mass is 32.1. The molecule has 0 atom stereocenters. The van der Waals surface area contributed by atoms with Crippen LogP contribution in [0.1, 0.15) is 0 Å². The molecule has 36 heavy (non-hydrogen) atoms. The van der Waals surface area contributed by atoms with Crippen molar-refractivity contribution in [3.8, 4) is 11.1 Å². The molecule has 8 rings (SSSR count). The molecular weight excluding hydrogens is 464 g/mol. The SMILES string of the molecule is c1ccc2c(c1)oc1ccc(Nc3cc(-c4ccc5scnc5c4)c4oc5ccccc5c4c3)cc12. The number of anilines is 2. The van der Waals surface area contributed by atoms with Crippen LogP contribution < -0.4 is 5.32 Å². The molecule has 0 bridgehead atoms. The third-order valence-electron chi connectivity index (χ3n) is 6.78. The minimum absolute atomic E-state index is 0.881. The van der Waals surface area contributed by atoms with Gasteiger partial charge in [-0.15, -0.1) is 11.3 Å². The molecular formula is C31H18N2O2S. The van der Waals surface area contributed by atoms with Crippen LogP contribution in [-0.4, -0.2) is 4.98 Å². The zero-order valence-corrected chi connectivity index (χ0v) is 19.8. The van der Waals surface area contributed by atoms with Gasteiger partial charge in [0.2, 0.25) is 0 Å². The first-order chi connectivity index (χ1) is 17.8. The number of nitrogens with zero attached hydrogens (tertiary/aromatic N) is 1. The Kier molecular flexibility index (Phi) is 4.07. The normalized spacial score (nSPS) is 11.9. The van der Waals surface area contributed by atoms with Gasteiger partial charge in [0, 0.05) is 38.5 Å². The molecule has 0 aliphatic rings. The molecule has 3 heterocycles. The number of fused-ring (bicyclic) bond motifs is 7. The number of hydrogen-bond donors (Lipinski definition) is 1. The summed E-state index contributed by atoms with van der Waals surface area (Å²) in [7, 11) is 0. The first-order valence-electron chi connectivity index (χ1n) is 11.8. The van der Waals surface area contributed by atoms with E-state index in [1.165, 1.54) is 4.70 Å². The van der Waals surface area contributed by atoms with Crippen molar-refractivity contribution in [3.05, 3.63) is 103 Å². The van der Waals surface area contributed by atoms with E-state index in [9.17, 15) is 0 Å². The fourth-order valence-corrected chi connectivity index (χ4v) is 5.77. The van der Waals surface area contributed by atoms with Crippen molar-refractivity contribution in [3.63, 3.8) is 0 Å². The van der Waals surface area contributed by atoms with Crippen LogP contribution in [0, 0.1) is 0 Å². The highest BCUT2D eigenvalue weighted by Gasteiger charge is 2.16. The zero-order chi connectivity index (χ0) is 23.6. The molecule has 0 saturated carbocycles. The second-order valence-corrected chi connectivity index (χ2v) is 9.85. The summed E-state index contributed by atoms with van der Waals surface area (Å²) in [5, 5.41) is 8.04. The summed E-state index contributed by atoms with van der Waals surface area (Å²) >= 11 is 1.65. The van der Waals surface area contributed by atoms with E-state index in [2.05, 4.69) is 71.0 Å². The van der Waals surface area contributed by atoms with E-state index in [4.69, 9.17) is 8.83 Å². The maximum Gasteiger partial charge on any atom is 0.143 e. The van der Waals surface area contributed by atoms with Gasteiger partial charge in [0.1, 0.15) is 22.3 Å². The maximum absolute atomic E-state index is 6.37. The lowest BCUT2D eigenvalue weighted by Gasteiger charge is -2.10. The second kappa shape index (κ2) is 7.44. The standard InChI is InChI=1S/C31H18N2O2S/c1-3-7-27-21(5-1)24-14-19(10-11-29(24)34-27)33-20-15-23(18-9-12-30-26(13-18)32-17-36-30)31-25(16-20)22-6-2-4-8-28(22)35-31/h1-17,33H. The molecule has 0 spiro atoms. The summed E-state index contributed by atoms with van der Waals surface area (Å²) in [6.45, 7) is 0. The van der Waals surface area contributed by atoms with Gasteiger partial charge in [0.25, 0.3) is 0 Å². The van der Waals surface area contributed by atoms with Crippen LogP contribution in [-0.2, 0) is 0 Å². The van der Waals surface area contributed by atoms with E-state index in [0.29, 0.717) is 0 Å². The van der Waals surface area contributed by atoms with Crippen LogP contribution >= 0.6 is 11.3 Å². The Morgan fingerprint density at radius 2 is 1.36 bits per heavy atom. The van der Waals surface area contributed by atoms with E-state index >= 15 is 0 Å². The maximum atomic E-state index is 6.37. The monoisotopic (exact) mass is 482 g/mol. The van der Waals surface area contributed by atoms with Crippen molar-refractivity contribution in [1.29, 1.82) is 0 Å². The third kappa shape index (κ3) is 2.96. The van der Waals surface area contributed by atoms with Crippen LogP contribution in [0.15, 0.2) is 111 Å². The van der Waals surface area contributed by atoms with Crippen LogP contribution in [0.25, 0.3) is 65.2 Å². The average molecular weight is 483 g/mol. The van der Waals surface area contributed by atoms with Gasteiger partial charge in [-0.3, -0.25) is 0 Å². The van der Waals surface area contributed by atoms with Crippen molar-refractivity contribution in [2.75, 3.05) is 5.32 Å². The third-order valence-corrected chi connectivity index (χ3v) is 7.59. The van der Waals surface area contributed by atoms with Gasteiger partial charge in [-0.2, -0.15) is 0 Å². The predicted molar refractivity (Wildman–Crippen MR) is 149 cm³/mol. The summed E-state index contributed by atoms with van der Waals surface area (Å²) in [6.07, 6.45) is 0. The Hall–Kier alpha value is -4.61. The van der Waals surface area contributed by atoms with Crippen molar-refractivity contribution >= 4 is 76.8 Å². The van der Waals surface area contributed by atoms with Crippen LogP contribution in [0.4, 0.5) is 11.4 Å². The molecule has 0 aliphatic heterocycles. The van der Waals surface area contributed by atoms with E-state index in [-0.39, 0.29) is 0 Å². The minimum Gasteiger partial charge on any atom is -0.456 e. The fraction of sp³-hybridized carbons (Fsp3) is 0. The number of thiazole rings is 1. The van der Waals surface area contributed by atoms with Gasteiger partial charge < -0.3 is 14.2 Å². The Morgan fingerprint density at radius 3 is 2.25 bits per heavy atom. The molecule has 8 aromatic rings. The lowest BCUT2D eigenvalue weighted by Crippen LogP contribution is -1.91. The summed E-state index contributed by atoms with van der Waals surface area (Å²) in [4.78, 5) is 4.53. The Balaban J connectivity index is 1.33. The molecule has 4 nitrogen and oxygen atoms in total. The Bertz CT molecular complexity index is 2100. The first kappa shape index (κ1) is 19.7. The van der Waals surface area contributed by atoms with Gasteiger partial charge in [-0.05, 0) is 60.2 Å². The largest absolute Gasteiger partial charge is 0.456 e. The van der Waals surface area contributed by atoms with E-state index < -0.39 is 0 Å². The highest BCUT2D eigenvalue weighted by Crippen LogP contribution is 2.40. The highest BCUT2D eigenvalue weighted by molar-refractivity contribution is 7.16. The molecule has 1 N–H and O–H groups in total. The topological polar surface area (TPSA) is 51.2 Å². The summed E-state index contributed by atoms with van der Waals surface area (Å²) < 4.78 is 13.6. The molecule has 5 aromatic carbocycles. The number of para-hydroxylation sites is 2. The van der Waals surface area contributed by atoms with Gasteiger partial charge in [0.15, 0.2) is 0 Å². The van der Waals surface area contributed by atoms with Gasteiger partial charge in [-0.1, -0.05) is 42.5 Å². The van der Waals surface area contributed by atoms with Gasteiger partial charge in [-0.25, -0.2) is 4.98 Å². The minimum atomic E-state index is 0.881. The molecule has 0 unspecified atom stereocenters. The van der Waals surface area contributed by atoms with Crippen LogP contribution in [0.5, 0.6) is 0 Å².